The molecule has 172 valence electrons. The maximum Gasteiger partial charge on any atom is 0.332 e. The average Bonchev–Trinajstić information content (AvgIpc) is 2.85. The van der Waals surface area contributed by atoms with Crippen LogP contribution in [0.2, 0.25) is 0 Å². The maximum absolute atomic E-state index is 12.9. The van der Waals surface area contributed by atoms with Crippen LogP contribution < -0.4 is 16.6 Å². The van der Waals surface area contributed by atoms with Crippen molar-refractivity contribution in [2.45, 2.75) is 11.9 Å². The number of fused-ring (bicyclic) bond motifs is 1. The highest BCUT2D eigenvalue weighted by Gasteiger charge is 2.19. The van der Waals surface area contributed by atoms with Gasteiger partial charge in [-0.05, 0) is 31.2 Å². The summed E-state index contributed by atoms with van der Waals surface area (Å²) in [7, 11) is 2.93. The number of anilines is 1. The predicted octanol–water partition coefficient (Wildman–Crippen LogP) is 2.63. The Morgan fingerprint density at radius 2 is 1.62 bits per heavy atom. The largest absolute Gasteiger partial charge is 0.332 e. The molecule has 0 unspecified atom stereocenters. The fourth-order valence-electron chi connectivity index (χ4n) is 3.37. The zero-order chi connectivity index (χ0) is 24.4. The minimum atomic E-state index is -0.527. The van der Waals surface area contributed by atoms with E-state index in [-0.39, 0.29) is 28.5 Å². The van der Waals surface area contributed by atoms with Gasteiger partial charge < -0.3 is 5.32 Å². The molecule has 10 heteroatoms. The Hall–Kier alpha value is -4.05. The van der Waals surface area contributed by atoms with Crippen LogP contribution in [0.3, 0.4) is 0 Å². The van der Waals surface area contributed by atoms with Crippen LogP contribution in [0.4, 0.5) is 5.69 Å². The normalized spacial score (nSPS) is 10.9. The minimum absolute atomic E-state index is 0.0270. The third-order valence-electron chi connectivity index (χ3n) is 5.21. The summed E-state index contributed by atoms with van der Waals surface area (Å²) < 4.78 is 2.29. The Labute approximate surface area is 198 Å². The summed E-state index contributed by atoms with van der Waals surface area (Å²) in [5, 5.41) is 3.25. The lowest BCUT2D eigenvalue weighted by atomic mass is 10.1. The number of Topliss-reactive ketones (excluding diaryl/α,β-unsaturated/α-hetero) is 1. The van der Waals surface area contributed by atoms with Crippen molar-refractivity contribution in [2.75, 3.05) is 11.1 Å². The quantitative estimate of drug-likeness (QED) is 0.259. The van der Waals surface area contributed by atoms with E-state index in [9.17, 15) is 19.2 Å². The summed E-state index contributed by atoms with van der Waals surface area (Å²) in [6.07, 6.45) is 0. The number of carbonyl (C=O) groups excluding carboxylic acids is 2. The second kappa shape index (κ2) is 9.44. The van der Waals surface area contributed by atoms with Crippen molar-refractivity contribution in [2.24, 2.45) is 14.1 Å². The van der Waals surface area contributed by atoms with Gasteiger partial charge in [0.05, 0.1) is 5.75 Å². The number of hydrogen-bond donors (Lipinski definition) is 1. The van der Waals surface area contributed by atoms with Crippen LogP contribution in [0.25, 0.3) is 22.4 Å². The van der Waals surface area contributed by atoms with E-state index in [1.807, 2.05) is 30.3 Å². The van der Waals surface area contributed by atoms with Gasteiger partial charge in [0.25, 0.3) is 5.56 Å². The molecular formula is C24H21N5O4S. The molecule has 0 saturated heterocycles. The van der Waals surface area contributed by atoms with E-state index in [0.29, 0.717) is 22.1 Å². The molecule has 0 atom stereocenters. The Kier molecular flexibility index (Phi) is 6.42. The molecule has 0 spiro atoms. The summed E-state index contributed by atoms with van der Waals surface area (Å²) in [4.78, 5) is 58.4. The first-order chi connectivity index (χ1) is 16.3. The molecule has 34 heavy (non-hydrogen) atoms. The Balaban J connectivity index is 1.69. The van der Waals surface area contributed by atoms with Crippen molar-refractivity contribution in [1.82, 2.24) is 19.1 Å². The van der Waals surface area contributed by atoms with Gasteiger partial charge in [-0.25, -0.2) is 14.8 Å². The SMILES string of the molecule is CC(=O)c1ccc(NC(=O)CSc2nc(-c3ccccc3)nc3c2c(=O)n(C)c(=O)n3C)cc1. The van der Waals surface area contributed by atoms with Crippen molar-refractivity contribution in [3.63, 3.8) is 0 Å². The van der Waals surface area contributed by atoms with Crippen LogP contribution >= 0.6 is 11.8 Å². The number of carbonyl (C=O) groups is 2. The number of nitrogens with one attached hydrogen (secondary N) is 1. The monoisotopic (exact) mass is 475 g/mol. The van der Waals surface area contributed by atoms with Crippen LogP contribution in [0, 0.1) is 0 Å². The zero-order valence-electron chi connectivity index (χ0n) is 18.7. The lowest BCUT2D eigenvalue weighted by molar-refractivity contribution is -0.113. The maximum atomic E-state index is 12.9. The fraction of sp³-hybridized carbons (Fsp3) is 0.167. The number of nitrogens with zero attached hydrogens (tertiary/aromatic N) is 4. The van der Waals surface area contributed by atoms with Crippen molar-refractivity contribution in [3.8, 4) is 11.4 Å². The topological polar surface area (TPSA) is 116 Å². The van der Waals surface area contributed by atoms with Crippen molar-refractivity contribution in [3.05, 3.63) is 81.0 Å². The van der Waals surface area contributed by atoms with Crippen LogP contribution in [-0.2, 0) is 18.9 Å². The van der Waals surface area contributed by atoms with Gasteiger partial charge in [0.2, 0.25) is 5.91 Å². The zero-order valence-corrected chi connectivity index (χ0v) is 19.5. The minimum Gasteiger partial charge on any atom is -0.325 e. The molecular weight excluding hydrogens is 454 g/mol. The molecule has 2 aromatic carbocycles. The van der Waals surface area contributed by atoms with Crippen LogP contribution in [-0.4, -0.2) is 36.5 Å². The summed E-state index contributed by atoms with van der Waals surface area (Å²) in [6, 6.07) is 15.8. The lowest BCUT2D eigenvalue weighted by Crippen LogP contribution is -2.37. The molecule has 0 aliphatic rings. The summed E-state index contributed by atoms with van der Waals surface area (Å²) >= 11 is 1.09. The summed E-state index contributed by atoms with van der Waals surface area (Å²) in [6.45, 7) is 1.47. The first-order valence-electron chi connectivity index (χ1n) is 10.3. The molecule has 4 rings (SSSR count). The molecule has 9 nitrogen and oxygen atoms in total. The molecule has 0 fully saturated rings. The number of hydrogen-bond acceptors (Lipinski definition) is 7. The number of aromatic nitrogens is 4. The van der Waals surface area contributed by atoms with Crippen LogP contribution in [0.15, 0.2) is 69.2 Å². The Morgan fingerprint density at radius 1 is 0.941 bits per heavy atom. The van der Waals surface area contributed by atoms with E-state index in [1.165, 1.54) is 25.6 Å². The van der Waals surface area contributed by atoms with Crippen molar-refractivity contribution in [1.29, 1.82) is 0 Å². The van der Waals surface area contributed by atoms with Gasteiger partial charge >= 0.3 is 5.69 Å². The van der Waals surface area contributed by atoms with E-state index in [1.54, 1.807) is 24.3 Å². The first kappa shape index (κ1) is 23.1. The van der Waals surface area contributed by atoms with Gasteiger partial charge in [-0.15, -0.1) is 0 Å². The highest BCUT2D eigenvalue weighted by Crippen LogP contribution is 2.26. The highest BCUT2D eigenvalue weighted by atomic mass is 32.2. The third-order valence-corrected chi connectivity index (χ3v) is 6.19. The highest BCUT2D eigenvalue weighted by molar-refractivity contribution is 8.00. The molecule has 2 aromatic heterocycles. The summed E-state index contributed by atoms with van der Waals surface area (Å²) in [5.74, 6) is -0.0514. The van der Waals surface area contributed by atoms with E-state index < -0.39 is 11.2 Å². The van der Waals surface area contributed by atoms with Gasteiger partial charge in [0.15, 0.2) is 17.3 Å². The van der Waals surface area contributed by atoms with Crippen LogP contribution in [0.5, 0.6) is 0 Å². The Morgan fingerprint density at radius 3 is 2.26 bits per heavy atom. The van der Waals surface area contributed by atoms with Gasteiger partial charge in [0, 0.05) is 30.9 Å². The predicted molar refractivity (Wildman–Crippen MR) is 131 cm³/mol. The average molecular weight is 476 g/mol. The number of aryl methyl sites for hydroxylation is 1. The van der Waals surface area contributed by atoms with E-state index in [2.05, 4.69) is 15.3 Å². The lowest BCUT2D eigenvalue weighted by Gasteiger charge is -2.12. The van der Waals surface area contributed by atoms with Gasteiger partial charge in [-0.3, -0.25) is 23.5 Å². The molecule has 0 radical (unpaired) electrons. The third kappa shape index (κ3) is 4.53. The first-order valence-corrected chi connectivity index (χ1v) is 11.3. The number of ketones is 1. The van der Waals surface area contributed by atoms with Gasteiger partial charge in [-0.1, -0.05) is 42.1 Å². The molecule has 4 aromatic rings. The van der Waals surface area contributed by atoms with E-state index >= 15 is 0 Å². The molecule has 0 aliphatic heterocycles. The standard InChI is InChI=1S/C24H21N5O4S/c1-14(30)15-9-11-17(12-10-15)25-18(31)13-34-22-19-21(28(2)24(33)29(3)23(19)32)26-20(27-22)16-7-5-4-6-8-16/h4-12H,13H2,1-3H3,(H,25,31). The number of rotatable bonds is 6. The second-order valence-electron chi connectivity index (χ2n) is 7.59. The molecule has 0 bridgehead atoms. The second-order valence-corrected chi connectivity index (χ2v) is 8.56. The molecule has 1 N–H and O–H groups in total. The number of thioether (sulfide) groups is 1. The van der Waals surface area contributed by atoms with Crippen molar-refractivity contribution < 1.29 is 9.59 Å². The number of benzene rings is 2. The molecule has 2 heterocycles. The Bertz CT molecular complexity index is 1530. The smallest absolute Gasteiger partial charge is 0.325 e. The molecule has 1 amide bonds. The van der Waals surface area contributed by atoms with Crippen LogP contribution in [0.1, 0.15) is 17.3 Å². The van der Waals surface area contributed by atoms with E-state index in [0.717, 1.165) is 21.9 Å². The number of amides is 1. The molecule has 0 saturated carbocycles. The van der Waals surface area contributed by atoms with Crippen molar-refractivity contribution >= 4 is 40.2 Å². The van der Waals surface area contributed by atoms with Gasteiger partial charge in [-0.2, -0.15) is 0 Å². The van der Waals surface area contributed by atoms with E-state index in [4.69, 9.17) is 0 Å². The summed E-state index contributed by atoms with van der Waals surface area (Å²) in [5.41, 5.74) is 0.985. The fourth-order valence-corrected chi connectivity index (χ4v) is 4.18. The molecule has 0 aliphatic carbocycles. The van der Waals surface area contributed by atoms with Gasteiger partial charge in [0.1, 0.15) is 10.4 Å².